The summed E-state index contributed by atoms with van der Waals surface area (Å²) >= 11 is 5.04. The second-order valence-electron chi connectivity index (χ2n) is 5.73. The van der Waals surface area contributed by atoms with Crippen LogP contribution in [0.2, 0.25) is 0 Å². The summed E-state index contributed by atoms with van der Waals surface area (Å²) in [5.41, 5.74) is 2.29. The Labute approximate surface area is 148 Å². The molecule has 1 amide bonds. The number of benzene rings is 1. The minimum absolute atomic E-state index is 0.0756. The van der Waals surface area contributed by atoms with Gasteiger partial charge in [0.2, 0.25) is 5.91 Å². The van der Waals surface area contributed by atoms with Crippen molar-refractivity contribution < 1.29 is 13.6 Å². The molecule has 7 heteroatoms. The molecular weight excluding hydrogens is 386 g/mol. The zero-order chi connectivity index (χ0) is 17.0. The molecule has 2 rings (SSSR count). The first-order chi connectivity index (χ1) is 10.9. The molecule has 0 N–H and O–H groups in total. The fraction of sp³-hybridized carbons (Fsp3) is 0.562. The predicted octanol–water partition coefficient (Wildman–Crippen LogP) is 3.57. The van der Waals surface area contributed by atoms with Crippen LogP contribution >= 0.6 is 27.7 Å². The number of alkyl halides is 2. The molecule has 3 nitrogen and oxygen atoms in total. The summed E-state index contributed by atoms with van der Waals surface area (Å²) in [7, 11) is 0. The first-order valence-corrected chi connectivity index (χ1v) is 9.32. The number of piperazine rings is 1. The summed E-state index contributed by atoms with van der Waals surface area (Å²) in [4.78, 5) is 16.9. The number of aryl methyl sites for hydroxylation is 2. The number of amides is 1. The number of carbonyl (C=O) groups excluding carboxylic acids is 1. The molecule has 128 valence electrons. The van der Waals surface area contributed by atoms with Crippen molar-refractivity contribution in [3.8, 4) is 0 Å². The monoisotopic (exact) mass is 406 g/mol. The van der Waals surface area contributed by atoms with Crippen molar-refractivity contribution in [1.29, 1.82) is 0 Å². The molecule has 1 saturated heterocycles. The standard InChI is InChI=1S/C16H21BrF2N2OS/c1-11-8-14(12(2)7-13(11)17)23-10-16(22)21-5-3-20(4-6-21)9-15(18)19/h7-8,15H,3-6,9-10H2,1-2H3. The summed E-state index contributed by atoms with van der Waals surface area (Å²) < 4.78 is 25.8. The Bertz CT molecular complexity index is 563. The van der Waals surface area contributed by atoms with Gasteiger partial charge in [0.1, 0.15) is 0 Å². The molecule has 0 aliphatic carbocycles. The van der Waals surface area contributed by atoms with E-state index in [1.807, 2.05) is 13.8 Å². The van der Waals surface area contributed by atoms with E-state index in [1.165, 1.54) is 11.8 Å². The van der Waals surface area contributed by atoms with Gasteiger partial charge in [0.25, 0.3) is 6.43 Å². The normalized spacial score (nSPS) is 16.2. The Balaban J connectivity index is 1.83. The van der Waals surface area contributed by atoms with Crippen molar-refractivity contribution in [3.63, 3.8) is 0 Å². The van der Waals surface area contributed by atoms with E-state index in [9.17, 15) is 13.6 Å². The first-order valence-electron chi connectivity index (χ1n) is 7.54. The Hall–Kier alpha value is -0.660. The SMILES string of the molecule is Cc1cc(SCC(=O)N2CCN(CC(F)F)CC2)c(C)cc1Br. The number of hydrogen-bond acceptors (Lipinski definition) is 3. The largest absolute Gasteiger partial charge is 0.339 e. The van der Waals surface area contributed by atoms with E-state index in [1.54, 1.807) is 9.80 Å². The molecule has 1 fully saturated rings. The van der Waals surface area contributed by atoms with Crippen molar-refractivity contribution in [2.75, 3.05) is 38.5 Å². The lowest BCUT2D eigenvalue weighted by atomic mass is 10.2. The van der Waals surface area contributed by atoms with Gasteiger partial charge in [-0.2, -0.15) is 0 Å². The molecule has 1 aromatic carbocycles. The average Bonchev–Trinajstić information content (AvgIpc) is 2.49. The highest BCUT2D eigenvalue weighted by Crippen LogP contribution is 2.28. The van der Waals surface area contributed by atoms with Gasteiger partial charge in [-0.15, -0.1) is 11.8 Å². The lowest BCUT2D eigenvalue weighted by Gasteiger charge is -2.34. The van der Waals surface area contributed by atoms with Gasteiger partial charge in [-0.05, 0) is 37.1 Å². The van der Waals surface area contributed by atoms with Crippen molar-refractivity contribution >= 4 is 33.6 Å². The van der Waals surface area contributed by atoms with Gasteiger partial charge >= 0.3 is 0 Å². The lowest BCUT2D eigenvalue weighted by molar-refractivity contribution is -0.130. The van der Waals surface area contributed by atoms with Crippen LogP contribution in [0.5, 0.6) is 0 Å². The van der Waals surface area contributed by atoms with E-state index < -0.39 is 6.43 Å². The van der Waals surface area contributed by atoms with Crippen LogP contribution in [0.3, 0.4) is 0 Å². The van der Waals surface area contributed by atoms with E-state index >= 15 is 0 Å². The minimum atomic E-state index is -2.31. The maximum absolute atomic E-state index is 12.4. The molecule has 0 radical (unpaired) electrons. The highest BCUT2D eigenvalue weighted by Gasteiger charge is 2.22. The summed E-state index contributed by atoms with van der Waals surface area (Å²) in [5.74, 6) is 0.461. The molecule has 0 bridgehead atoms. The van der Waals surface area contributed by atoms with Gasteiger partial charge in [-0.1, -0.05) is 15.9 Å². The van der Waals surface area contributed by atoms with Gasteiger partial charge in [0, 0.05) is 35.5 Å². The predicted molar refractivity (Wildman–Crippen MR) is 93.4 cm³/mol. The smallest absolute Gasteiger partial charge is 0.251 e. The van der Waals surface area contributed by atoms with Gasteiger partial charge in [-0.3, -0.25) is 9.69 Å². The Morgan fingerprint density at radius 1 is 1.22 bits per heavy atom. The number of carbonyl (C=O) groups is 1. The van der Waals surface area contributed by atoms with Gasteiger partial charge in [0.15, 0.2) is 0 Å². The Morgan fingerprint density at radius 2 is 1.87 bits per heavy atom. The third-order valence-electron chi connectivity index (χ3n) is 3.93. The number of hydrogen-bond donors (Lipinski definition) is 0. The molecule has 23 heavy (non-hydrogen) atoms. The fourth-order valence-electron chi connectivity index (χ4n) is 2.52. The van der Waals surface area contributed by atoms with Gasteiger partial charge in [-0.25, -0.2) is 8.78 Å². The molecule has 1 aliphatic rings. The van der Waals surface area contributed by atoms with Gasteiger partial charge < -0.3 is 4.90 Å². The van der Waals surface area contributed by atoms with E-state index in [0.29, 0.717) is 31.9 Å². The summed E-state index contributed by atoms with van der Waals surface area (Å²) in [5, 5.41) is 0. The van der Waals surface area contributed by atoms with Gasteiger partial charge in [0.05, 0.1) is 12.3 Å². The Morgan fingerprint density at radius 3 is 2.48 bits per heavy atom. The second kappa shape index (κ2) is 8.44. The third kappa shape index (κ3) is 5.43. The highest BCUT2D eigenvalue weighted by atomic mass is 79.9. The van der Waals surface area contributed by atoms with Crippen LogP contribution in [0.15, 0.2) is 21.5 Å². The van der Waals surface area contributed by atoms with Crippen LogP contribution in [0.1, 0.15) is 11.1 Å². The van der Waals surface area contributed by atoms with Crippen LogP contribution in [0, 0.1) is 13.8 Å². The van der Waals surface area contributed by atoms with Crippen LogP contribution in [-0.4, -0.2) is 60.6 Å². The highest BCUT2D eigenvalue weighted by molar-refractivity contribution is 9.10. The summed E-state index contributed by atoms with van der Waals surface area (Å²) in [6, 6.07) is 4.14. The second-order valence-corrected chi connectivity index (χ2v) is 7.60. The topological polar surface area (TPSA) is 23.6 Å². The van der Waals surface area contributed by atoms with E-state index in [0.717, 1.165) is 20.5 Å². The molecular formula is C16H21BrF2N2OS. The average molecular weight is 407 g/mol. The maximum Gasteiger partial charge on any atom is 0.251 e. The Kier molecular flexibility index (Phi) is 6.85. The molecule has 0 saturated carbocycles. The molecule has 1 aromatic rings. The van der Waals surface area contributed by atoms with E-state index in [2.05, 4.69) is 28.1 Å². The maximum atomic E-state index is 12.4. The van der Waals surface area contributed by atoms with Crippen molar-refractivity contribution in [2.24, 2.45) is 0 Å². The first kappa shape index (κ1) is 18.7. The van der Waals surface area contributed by atoms with E-state index in [-0.39, 0.29) is 12.5 Å². The zero-order valence-electron chi connectivity index (χ0n) is 13.3. The summed E-state index contributed by atoms with van der Waals surface area (Å²) in [6.45, 7) is 5.97. The number of thioether (sulfide) groups is 1. The number of nitrogens with zero attached hydrogens (tertiary/aromatic N) is 2. The molecule has 0 spiro atoms. The summed E-state index contributed by atoms with van der Waals surface area (Å²) in [6.07, 6.45) is -2.31. The number of halogens is 3. The van der Waals surface area contributed by atoms with Crippen molar-refractivity contribution in [1.82, 2.24) is 9.80 Å². The molecule has 1 aliphatic heterocycles. The van der Waals surface area contributed by atoms with Crippen molar-refractivity contribution in [2.45, 2.75) is 25.2 Å². The minimum Gasteiger partial charge on any atom is -0.339 e. The lowest BCUT2D eigenvalue weighted by Crippen LogP contribution is -2.50. The van der Waals surface area contributed by atoms with Crippen LogP contribution in [0.4, 0.5) is 8.78 Å². The molecule has 0 atom stereocenters. The van der Waals surface area contributed by atoms with Crippen LogP contribution in [-0.2, 0) is 4.79 Å². The van der Waals surface area contributed by atoms with Crippen molar-refractivity contribution in [3.05, 3.63) is 27.7 Å². The van der Waals surface area contributed by atoms with E-state index in [4.69, 9.17) is 0 Å². The molecule has 0 aromatic heterocycles. The molecule has 0 unspecified atom stereocenters. The fourth-order valence-corrected chi connectivity index (χ4v) is 3.98. The molecule has 1 heterocycles. The zero-order valence-corrected chi connectivity index (χ0v) is 15.7. The quantitative estimate of drug-likeness (QED) is 0.698. The number of rotatable bonds is 5. The van der Waals surface area contributed by atoms with Crippen LogP contribution < -0.4 is 0 Å². The third-order valence-corrected chi connectivity index (χ3v) is 5.93. The van der Waals surface area contributed by atoms with Crippen LogP contribution in [0.25, 0.3) is 0 Å².